The Morgan fingerprint density at radius 2 is 1.90 bits per heavy atom. The maximum absolute atomic E-state index is 12.3. The van der Waals surface area contributed by atoms with Crippen LogP contribution in [0.25, 0.3) is 0 Å². The number of carbonyl (C=O) groups excluding carboxylic acids is 2. The summed E-state index contributed by atoms with van der Waals surface area (Å²) in [5.74, 6) is -0.587. The van der Waals surface area contributed by atoms with Crippen LogP contribution in [0, 0.1) is 12.3 Å². The third-order valence-electron chi connectivity index (χ3n) is 3.04. The van der Waals surface area contributed by atoms with Crippen LogP contribution < -0.4 is 10.6 Å². The molecular weight excluding hydrogens is 320 g/mol. The van der Waals surface area contributed by atoms with Crippen LogP contribution in [0.1, 0.15) is 32.8 Å². The van der Waals surface area contributed by atoms with Gasteiger partial charge in [-0.2, -0.15) is 0 Å². The van der Waals surface area contributed by atoms with E-state index in [0.717, 1.165) is 16.5 Å². The first-order chi connectivity index (χ1) is 9.28. The minimum atomic E-state index is -1.11. The number of anilines is 1. The maximum Gasteiger partial charge on any atom is 0.239 e. The number of carbonyl (C=O) groups is 2. The molecule has 1 aromatic carbocycles. The van der Waals surface area contributed by atoms with Gasteiger partial charge in [-0.15, -0.1) is 0 Å². The largest absolute Gasteiger partial charge is 0.355 e. The van der Waals surface area contributed by atoms with E-state index in [1.807, 2.05) is 32.0 Å². The highest BCUT2D eigenvalue weighted by Gasteiger charge is 2.35. The van der Waals surface area contributed by atoms with E-state index < -0.39 is 5.41 Å². The molecule has 0 fully saturated rings. The Kier molecular flexibility index (Phi) is 5.74. The summed E-state index contributed by atoms with van der Waals surface area (Å²) in [6, 6.07) is 5.64. The number of rotatable bonds is 5. The van der Waals surface area contributed by atoms with Gasteiger partial charge in [0.1, 0.15) is 5.41 Å². The fourth-order valence-electron chi connectivity index (χ4n) is 1.56. The second-order valence-electron chi connectivity index (χ2n) is 5.32. The van der Waals surface area contributed by atoms with E-state index in [1.165, 1.54) is 0 Å². The minimum Gasteiger partial charge on any atom is -0.355 e. The zero-order chi connectivity index (χ0) is 15.3. The van der Waals surface area contributed by atoms with Crippen LogP contribution in [0.5, 0.6) is 0 Å². The summed E-state index contributed by atoms with van der Waals surface area (Å²) < 4.78 is 0.801. The van der Waals surface area contributed by atoms with Gasteiger partial charge in [-0.05, 0) is 60.8 Å². The molecule has 20 heavy (non-hydrogen) atoms. The second-order valence-corrected chi connectivity index (χ2v) is 6.17. The number of aryl methyl sites for hydroxylation is 1. The molecule has 0 bridgehead atoms. The van der Waals surface area contributed by atoms with Crippen LogP contribution in [0.2, 0.25) is 0 Å². The molecular formula is C15H21BrN2O2. The molecule has 0 heterocycles. The molecule has 0 saturated heterocycles. The average Bonchev–Trinajstić information content (AvgIpc) is 2.38. The lowest BCUT2D eigenvalue weighted by Gasteiger charge is -2.23. The summed E-state index contributed by atoms with van der Waals surface area (Å²) in [4.78, 5) is 24.3. The Bertz CT molecular complexity index is 513. The highest BCUT2D eigenvalue weighted by molar-refractivity contribution is 9.10. The fourth-order valence-corrected chi connectivity index (χ4v) is 2.16. The van der Waals surface area contributed by atoms with Crippen LogP contribution in [0.15, 0.2) is 22.7 Å². The predicted octanol–water partition coefficient (Wildman–Crippen LogP) is 3.25. The number of nitrogens with one attached hydrogen (secondary N) is 2. The van der Waals surface area contributed by atoms with Crippen molar-refractivity contribution in [1.82, 2.24) is 5.32 Å². The van der Waals surface area contributed by atoms with E-state index >= 15 is 0 Å². The Hall–Kier alpha value is -1.36. The summed E-state index contributed by atoms with van der Waals surface area (Å²) in [6.07, 6.45) is 0.840. The van der Waals surface area contributed by atoms with E-state index in [2.05, 4.69) is 26.6 Å². The Morgan fingerprint density at radius 3 is 2.45 bits per heavy atom. The Labute approximate surface area is 128 Å². The highest BCUT2D eigenvalue weighted by atomic mass is 79.9. The lowest BCUT2D eigenvalue weighted by Crippen LogP contribution is -2.45. The first kappa shape index (κ1) is 16.7. The van der Waals surface area contributed by atoms with Gasteiger partial charge in [-0.3, -0.25) is 9.59 Å². The number of hydrogen-bond donors (Lipinski definition) is 2. The van der Waals surface area contributed by atoms with Gasteiger partial charge in [0.2, 0.25) is 11.8 Å². The summed E-state index contributed by atoms with van der Waals surface area (Å²) in [6.45, 7) is 7.75. The molecule has 0 aliphatic rings. The van der Waals surface area contributed by atoms with Crippen LogP contribution in [-0.4, -0.2) is 18.4 Å². The van der Waals surface area contributed by atoms with Crippen molar-refractivity contribution in [2.24, 2.45) is 5.41 Å². The van der Waals surface area contributed by atoms with Gasteiger partial charge in [0.25, 0.3) is 0 Å². The van der Waals surface area contributed by atoms with E-state index in [9.17, 15) is 9.59 Å². The number of halogens is 1. The van der Waals surface area contributed by atoms with Crippen molar-refractivity contribution in [3.05, 3.63) is 28.2 Å². The molecule has 2 N–H and O–H groups in total. The van der Waals surface area contributed by atoms with Crippen LogP contribution in [0.4, 0.5) is 5.69 Å². The normalized spacial score (nSPS) is 11.1. The van der Waals surface area contributed by atoms with Crippen molar-refractivity contribution >= 4 is 33.4 Å². The standard InChI is InChI=1S/C15H21BrN2O2/c1-5-8-17-13(19)15(3,4)14(20)18-12-7-6-10(2)9-11(12)16/h6-7,9H,5,8H2,1-4H3,(H,17,19)(H,18,20). The van der Waals surface area contributed by atoms with Crippen molar-refractivity contribution in [1.29, 1.82) is 0 Å². The van der Waals surface area contributed by atoms with Gasteiger partial charge in [0.05, 0.1) is 5.69 Å². The summed E-state index contributed by atoms with van der Waals surface area (Å²) in [5.41, 5.74) is 0.645. The summed E-state index contributed by atoms with van der Waals surface area (Å²) in [7, 11) is 0. The third kappa shape index (κ3) is 4.07. The molecule has 0 unspecified atom stereocenters. The number of benzene rings is 1. The molecule has 5 heteroatoms. The molecule has 0 radical (unpaired) electrons. The molecule has 1 rings (SSSR count). The molecule has 110 valence electrons. The number of amides is 2. The minimum absolute atomic E-state index is 0.264. The maximum atomic E-state index is 12.3. The van der Waals surface area contributed by atoms with Crippen LogP contribution in [-0.2, 0) is 9.59 Å². The molecule has 0 saturated carbocycles. The number of hydrogen-bond acceptors (Lipinski definition) is 2. The van der Waals surface area contributed by atoms with E-state index in [4.69, 9.17) is 0 Å². The van der Waals surface area contributed by atoms with E-state index in [-0.39, 0.29) is 11.8 Å². The molecule has 2 amide bonds. The lowest BCUT2D eigenvalue weighted by atomic mass is 9.91. The van der Waals surface area contributed by atoms with E-state index in [0.29, 0.717) is 12.2 Å². The first-order valence-electron chi connectivity index (χ1n) is 6.65. The molecule has 0 aliphatic carbocycles. The Morgan fingerprint density at radius 1 is 1.25 bits per heavy atom. The van der Waals surface area contributed by atoms with Gasteiger partial charge < -0.3 is 10.6 Å². The molecule has 0 atom stereocenters. The monoisotopic (exact) mass is 340 g/mol. The molecule has 0 aliphatic heterocycles. The van der Waals surface area contributed by atoms with Gasteiger partial charge in [0.15, 0.2) is 0 Å². The van der Waals surface area contributed by atoms with Crippen molar-refractivity contribution in [2.45, 2.75) is 34.1 Å². The average molecular weight is 341 g/mol. The van der Waals surface area contributed by atoms with Crippen LogP contribution >= 0.6 is 15.9 Å². The first-order valence-corrected chi connectivity index (χ1v) is 7.44. The van der Waals surface area contributed by atoms with Crippen molar-refractivity contribution < 1.29 is 9.59 Å². The van der Waals surface area contributed by atoms with Gasteiger partial charge in [-0.1, -0.05) is 13.0 Å². The zero-order valence-corrected chi connectivity index (χ0v) is 13.9. The molecule has 1 aromatic rings. The second kappa shape index (κ2) is 6.88. The highest BCUT2D eigenvalue weighted by Crippen LogP contribution is 2.26. The SMILES string of the molecule is CCCNC(=O)C(C)(C)C(=O)Nc1ccc(C)cc1Br. The summed E-state index contributed by atoms with van der Waals surface area (Å²) >= 11 is 3.41. The summed E-state index contributed by atoms with van der Waals surface area (Å²) in [5, 5.41) is 5.54. The predicted molar refractivity (Wildman–Crippen MR) is 84.6 cm³/mol. The van der Waals surface area contributed by atoms with Crippen molar-refractivity contribution in [3.8, 4) is 0 Å². The topological polar surface area (TPSA) is 58.2 Å². The third-order valence-corrected chi connectivity index (χ3v) is 3.70. The lowest BCUT2D eigenvalue weighted by molar-refractivity contribution is -0.138. The molecule has 4 nitrogen and oxygen atoms in total. The van der Waals surface area contributed by atoms with Gasteiger partial charge >= 0.3 is 0 Å². The van der Waals surface area contributed by atoms with Crippen LogP contribution in [0.3, 0.4) is 0 Å². The van der Waals surface area contributed by atoms with Crippen molar-refractivity contribution in [2.75, 3.05) is 11.9 Å². The van der Waals surface area contributed by atoms with E-state index in [1.54, 1.807) is 13.8 Å². The fraction of sp³-hybridized carbons (Fsp3) is 0.467. The smallest absolute Gasteiger partial charge is 0.239 e. The van der Waals surface area contributed by atoms with Gasteiger partial charge in [0, 0.05) is 11.0 Å². The molecule has 0 aromatic heterocycles. The van der Waals surface area contributed by atoms with Gasteiger partial charge in [-0.25, -0.2) is 0 Å². The zero-order valence-electron chi connectivity index (χ0n) is 12.3. The van der Waals surface area contributed by atoms with Crippen molar-refractivity contribution in [3.63, 3.8) is 0 Å². The quantitative estimate of drug-likeness (QED) is 0.808. The molecule has 0 spiro atoms. The Balaban J connectivity index is 2.81.